The van der Waals surface area contributed by atoms with Crippen molar-refractivity contribution in [3.05, 3.63) is 39.9 Å². The van der Waals surface area contributed by atoms with E-state index < -0.39 is 16.0 Å². The average molecular weight is 488 g/mol. The number of amides is 1. The fraction of sp³-hybridized carbons (Fsp3) is 0.421. The molecule has 12 heteroatoms. The van der Waals surface area contributed by atoms with Crippen molar-refractivity contribution in [1.29, 1.82) is 0 Å². The molecule has 0 aliphatic carbocycles. The first-order valence-electron chi connectivity index (χ1n) is 9.51. The average Bonchev–Trinajstić information content (AvgIpc) is 3.21. The zero-order valence-corrected chi connectivity index (χ0v) is 19.4. The summed E-state index contributed by atoms with van der Waals surface area (Å²) in [7, 11) is -3.78. The monoisotopic (exact) mass is 487 g/mol. The summed E-state index contributed by atoms with van der Waals surface area (Å²) in [5.41, 5.74) is 0.423. The van der Waals surface area contributed by atoms with Gasteiger partial charge in [-0.25, -0.2) is 18.2 Å². The molecule has 1 aliphatic heterocycles. The molecule has 2 heterocycles. The molecule has 1 aromatic carbocycles. The summed E-state index contributed by atoms with van der Waals surface area (Å²) in [5.74, 6) is -0.900. The van der Waals surface area contributed by atoms with E-state index in [9.17, 15) is 18.0 Å². The highest BCUT2D eigenvalue weighted by atomic mass is 35.5. The van der Waals surface area contributed by atoms with Crippen LogP contribution in [-0.2, 0) is 30.9 Å². The molecular formula is C19H22ClN3O6S2. The normalized spacial score (nSPS) is 14.9. The van der Waals surface area contributed by atoms with Gasteiger partial charge in [0.25, 0.3) is 0 Å². The van der Waals surface area contributed by atoms with Gasteiger partial charge in [-0.05, 0) is 25.1 Å². The number of esters is 1. The van der Waals surface area contributed by atoms with Crippen molar-refractivity contribution in [2.24, 2.45) is 0 Å². The number of carbonyl (C=O) groups is 2. The fourth-order valence-corrected chi connectivity index (χ4v) is 5.50. The third kappa shape index (κ3) is 5.42. The number of hydrogen-bond acceptors (Lipinski definition) is 8. The van der Waals surface area contributed by atoms with Gasteiger partial charge in [-0.2, -0.15) is 4.31 Å². The second-order valence-electron chi connectivity index (χ2n) is 6.62. The third-order valence-corrected chi connectivity index (χ3v) is 7.72. The molecule has 1 aromatic heterocycles. The Morgan fingerprint density at radius 1 is 1.32 bits per heavy atom. The standard InChI is InChI=1S/C19H22ClN3O6S2/c1-3-23(13(2)24)19-21-14(12-30-19)11-29-18(25)16-10-15(4-5-17(16)20)31(26,27)22-6-8-28-9-7-22/h4-5,10,12H,3,6-9,11H2,1-2H3. The molecule has 0 unspecified atom stereocenters. The van der Waals surface area contributed by atoms with Crippen LogP contribution in [0.3, 0.4) is 0 Å². The van der Waals surface area contributed by atoms with Gasteiger partial charge in [0, 0.05) is 31.9 Å². The van der Waals surface area contributed by atoms with E-state index in [1.165, 1.54) is 45.7 Å². The largest absolute Gasteiger partial charge is 0.456 e. The summed E-state index contributed by atoms with van der Waals surface area (Å²) in [5, 5.41) is 2.28. The lowest BCUT2D eigenvalue weighted by atomic mass is 10.2. The Morgan fingerprint density at radius 2 is 2.03 bits per heavy atom. The predicted octanol–water partition coefficient (Wildman–Crippen LogP) is 2.55. The van der Waals surface area contributed by atoms with Gasteiger partial charge in [-0.1, -0.05) is 11.6 Å². The van der Waals surface area contributed by atoms with Crippen molar-refractivity contribution in [1.82, 2.24) is 9.29 Å². The molecule has 0 spiro atoms. The van der Waals surface area contributed by atoms with E-state index in [2.05, 4.69) is 4.98 Å². The Kier molecular flexibility index (Phi) is 7.65. The molecule has 9 nitrogen and oxygen atoms in total. The number of morpholine rings is 1. The second-order valence-corrected chi connectivity index (χ2v) is 9.80. The van der Waals surface area contributed by atoms with Crippen LogP contribution in [-0.4, -0.2) is 62.4 Å². The topological polar surface area (TPSA) is 106 Å². The lowest BCUT2D eigenvalue weighted by Gasteiger charge is -2.26. The van der Waals surface area contributed by atoms with Gasteiger partial charge in [-0.15, -0.1) is 11.3 Å². The van der Waals surface area contributed by atoms with Crippen LogP contribution in [0.1, 0.15) is 29.9 Å². The smallest absolute Gasteiger partial charge is 0.340 e. The van der Waals surface area contributed by atoms with E-state index in [4.69, 9.17) is 21.1 Å². The number of ether oxygens (including phenoxy) is 2. The van der Waals surface area contributed by atoms with Gasteiger partial charge in [-0.3, -0.25) is 9.69 Å². The van der Waals surface area contributed by atoms with Crippen molar-refractivity contribution in [2.45, 2.75) is 25.3 Å². The molecule has 0 N–H and O–H groups in total. The molecule has 2 aromatic rings. The molecule has 1 amide bonds. The van der Waals surface area contributed by atoms with E-state index >= 15 is 0 Å². The quantitative estimate of drug-likeness (QED) is 0.552. The highest BCUT2D eigenvalue weighted by Crippen LogP contribution is 2.25. The van der Waals surface area contributed by atoms with Gasteiger partial charge in [0.2, 0.25) is 15.9 Å². The highest BCUT2D eigenvalue weighted by molar-refractivity contribution is 7.89. The molecule has 0 atom stereocenters. The number of anilines is 1. The molecule has 0 radical (unpaired) electrons. The fourth-order valence-electron chi connectivity index (χ4n) is 2.95. The number of hydrogen-bond donors (Lipinski definition) is 0. The Morgan fingerprint density at radius 3 is 2.68 bits per heavy atom. The predicted molar refractivity (Wildman–Crippen MR) is 116 cm³/mol. The number of sulfonamides is 1. The van der Waals surface area contributed by atoms with Crippen molar-refractivity contribution >= 4 is 50.0 Å². The molecule has 31 heavy (non-hydrogen) atoms. The van der Waals surface area contributed by atoms with Crippen LogP contribution in [0.25, 0.3) is 0 Å². The summed E-state index contributed by atoms with van der Waals surface area (Å²) in [6.45, 7) is 4.74. The molecule has 3 rings (SSSR count). The van der Waals surface area contributed by atoms with Gasteiger partial charge in [0.15, 0.2) is 5.13 Å². The summed E-state index contributed by atoms with van der Waals surface area (Å²) >= 11 is 7.39. The minimum atomic E-state index is -3.78. The minimum absolute atomic E-state index is 0.0401. The van der Waals surface area contributed by atoms with E-state index in [0.717, 1.165) is 0 Å². The lowest BCUT2D eigenvalue weighted by Crippen LogP contribution is -2.40. The van der Waals surface area contributed by atoms with Crippen molar-refractivity contribution in [3.63, 3.8) is 0 Å². The number of carbonyl (C=O) groups excluding carboxylic acids is 2. The Hall–Kier alpha value is -2.05. The van der Waals surface area contributed by atoms with Crippen molar-refractivity contribution in [2.75, 3.05) is 37.7 Å². The van der Waals surface area contributed by atoms with E-state index in [1.54, 1.807) is 5.38 Å². The van der Waals surface area contributed by atoms with Crippen LogP contribution < -0.4 is 4.90 Å². The number of nitrogens with zero attached hydrogens (tertiary/aromatic N) is 3. The molecule has 1 aliphatic rings. The molecule has 0 saturated carbocycles. The summed E-state index contributed by atoms with van der Waals surface area (Å²) in [6, 6.07) is 3.94. The van der Waals surface area contributed by atoms with Crippen LogP contribution in [0.5, 0.6) is 0 Å². The maximum atomic E-state index is 12.8. The van der Waals surface area contributed by atoms with E-state index in [1.807, 2.05) is 6.92 Å². The van der Waals surface area contributed by atoms with Gasteiger partial charge < -0.3 is 9.47 Å². The highest BCUT2D eigenvalue weighted by Gasteiger charge is 2.28. The van der Waals surface area contributed by atoms with Crippen LogP contribution in [0.2, 0.25) is 5.02 Å². The van der Waals surface area contributed by atoms with Gasteiger partial charge in [0.05, 0.1) is 34.4 Å². The summed E-state index contributed by atoms with van der Waals surface area (Å²) < 4.78 is 37.5. The Labute approximate surface area is 189 Å². The minimum Gasteiger partial charge on any atom is -0.456 e. The van der Waals surface area contributed by atoms with Crippen molar-refractivity contribution < 1.29 is 27.5 Å². The molecule has 1 saturated heterocycles. The molecule has 0 bridgehead atoms. The number of benzene rings is 1. The molecule has 1 fully saturated rings. The first-order chi connectivity index (χ1) is 14.7. The number of halogens is 1. The third-order valence-electron chi connectivity index (χ3n) is 4.58. The zero-order valence-electron chi connectivity index (χ0n) is 17.0. The zero-order chi connectivity index (χ0) is 22.6. The number of aromatic nitrogens is 1. The van der Waals surface area contributed by atoms with E-state index in [0.29, 0.717) is 30.6 Å². The number of rotatable bonds is 7. The first-order valence-corrected chi connectivity index (χ1v) is 12.2. The molecular weight excluding hydrogens is 466 g/mol. The lowest BCUT2D eigenvalue weighted by molar-refractivity contribution is -0.116. The summed E-state index contributed by atoms with van der Waals surface area (Å²) in [4.78, 5) is 30.0. The Bertz CT molecular complexity index is 1070. The van der Waals surface area contributed by atoms with E-state index in [-0.39, 0.29) is 41.1 Å². The first kappa shape index (κ1) is 23.6. The van der Waals surface area contributed by atoms with Crippen LogP contribution in [0.4, 0.5) is 5.13 Å². The van der Waals surface area contributed by atoms with Crippen LogP contribution >= 0.6 is 22.9 Å². The summed E-state index contributed by atoms with van der Waals surface area (Å²) in [6.07, 6.45) is 0. The SMILES string of the molecule is CCN(C(C)=O)c1nc(COC(=O)c2cc(S(=O)(=O)N3CCOCC3)ccc2Cl)cs1. The maximum absolute atomic E-state index is 12.8. The maximum Gasteiger partial charge on any atom is 0.340 e. The van der Waals surface area contributed by atoms with Crippen LogP contribution in [0.15, 0.2) is 28.5 Å². The second kappa shape index (κ2) is 10.0. The molecule has 168 valence electrons. The Balaban J connectivity index is 1.73. The van der Waals surface area contributed by atoms with Crippen molar-refractivity contribution in [3.8, 4) is 0 Å². The number of thiazole rings is 1. The van der Waals surface area contributed by atoms with Gasteiger partial charge >= 0.3 is 5.97 Å². The van der Waals surface area contributed by atoms with Crippen LogP contribution in [0, 0.1) is 0 Å². The van der Waals surface area contributed by atoms with Gasteiger partial charge in [0.1, 0.15) is 6.61 Å².